The monoisotopic (exact) mass is 293 g/mol. The van der Waals surface area contributed by atoms with Crippen LogP contribution in [0.25, 0.3) is 0 Å². The van der Waals surface area contributed by atoms with Gasteiger partial charge in [0.1, 0.15) is 0 Å². The third-order valence-electron chi connectivity index (χ3n) is 2.77. The molecule has 1 heterocycles. The summed E-state index contributed by atoms with van der Waals surface area (Å²) in [4.78, 5) is 25.1. The van der Waals surface area contributed by atoms with Gasteiger partial charge in [-0.3, -0.25) is 14.5 Å². The number of hydrogen-bond acceptors (Lipinski definition) is 2. The largest absolute Gasteiger partial charge is 0.300 e. The van der Waals surface area contributed by atoms with E-state index in [1.807, 2.05) is 19.1 Å². The summed E-state index contributed by atoms with van der Waals surface area (Å²) in [5.41, 5.74) is 2.24. The Morgan fingerprint density at radius 1 is 1.41 bits per heavy atom. The number of benzene rings is 1. The van der Waals surface area contributed by atoms with E-state index in [-0.39, 0.29) is 0 Å². The smallest absolute Gasteiger partial charge is 0.299 e. The number of aryl methyl sites for hydroxylation is 1. The fourth-order valence-electron chi connectivity index (χ4n) is 1.90. The van der Waals surface area contributed by atoms with Gasteiger partial charge < -0.3 is 0 Å². The van der Waals surface area contributed by atoms with Gasteiger partial charge >= 0.3 is 0 Å². The van der Waals surface area contributed by atoms with Crippen LogP contribution in [0.1, 0.15) is 22.8 Å². The number of Topliss-reactive ketones (excluding diaryl/α,β-unsaturated/α-hetero) is 1. The van der Waals surface area contributed by atoms with Gasteiger partial charge in [0.15, 0.2) is 0 Å². The molecule has 0 atom stereocenters. The van der Waals surface area contributed by atoms with Crippen LogP contribution in [0, 0.1) is 0 Å². The van der Waals surface area contributed by atoms with Gasteiger partial charge in [0.25, 0.3) is 11.7 Å². The van der Waals surface area contributed by atoms with Gasteiger partial charge in [0.05, 0.1) is 17.8 Å². The van der Waals surface area contributed by atoms with Crippen LogP contribution in [-0.2, 0) is 11.2 Å². The van der Waals surface area contributed by atoms with Crippen LogP contribution in [0.3, 0.4) is 0 Å². The van der Waals surface area contributed by atoms with E-state index in [4.69, 9.17) is 0 Å². The number of fused-ring (bicyclic) bond motifs is 1. The molecule has 0 aromatic heterocycles. The molecule has 0 aliphatic carbocycles. The maximum atomic E-state index is 11.8. The van der Waals surface area contributed by atoms with Crippen molar-refractivity contribution in [1.82, 2.24) is 0 Å². The second-order valence-electron chi connectivity index (χ2n) is 3.94. The third kappa shape index (κ3) is 2.05. The molecule has 1 aliphatic rings. The highest BCUT2D eigenvalue weighted by molar-refractivity contribution is 9.11. The quantitative estimate of drug-likeness (QED) is 0.804. The second kappa shape index (κ2) is 4.45. The van der Waals surface area contributed by atoms with Crippen LogP contribution in [0.2, 0.25) is 0 Å². The van der Waals surface area contributed by atoms with E-state index in [1.54, 1.807) is 6.07 Å². The average Bonchev–Trinajstić information content (AvgIpc) is 2.54. The predicted molar refractivity (Wildman–Crippen MR) is 70.6 cm³/mol. The van der Waals surface area contributed by atoms with Crippen molar-refractivity contribution in [3.05, 3.63) is 40.4 Å². The Hall–Kier alpha value is -1.42. The first-order chi connectivity index (χ1) is 8.04. The lowest BCUT2D eigenvalue weighted by Gasteiger charge is -2.15. The molecule has 1 aromatic carbocycles. The minimum atomic E-state index is -0.478. The lowest BCUT2D eigenvalue weighted by molar-refractivity contribution is -0.114. The van der Waals surface area contributed by atoms with Gasteiger partial charge in [-0.1, -0.05) is 35.5 Å². The topological polar surface area (TPSA) is 37.4 Å². The lowest BCUT2D eigenvalue weighted by Crippen LogP contribution is -2.30. The summed E-state index contributed by atoms with van der Waals surface area (Å²) >= 11 is 3.21. The fraction of sp³-hybridized carbons (Fsp3) is 0.231. The summed E-state index contributed by atoms with van der Waals surface area (Å²) in [5, 5.41) is 0. The summed E-state index contributed by atoms with van der Waals surface area (Å²) < 4.78 is 0.672. The van der Waals surface area contributed by atoms with Gasteiger partial charge in [0.2, 0.25) is 0 Å². The number of hydrogen-bond donors (Lipinski definition) is 0. The van der Waals surface area contributed by atoms with Crippen LogP contribution in [-0.4, -0.2) is 18.2 Å². The van der Waals surface area contributed by atoms with Gasteiger partial charge in [0, 0.05) is 4.48 Å². The highest BCUT2D eigenvalue weighted by Gasteiger charge is 2.35. The van der Waals surface area contributed by atoms with Crippen LogP contribution >= 0.6 is 15.9 Å². The van der Waals surface area contributed by atoms with E-state index in [2.05, 4.69) is 22.5 Å². The van der Waals surface area contributed by atoms with E-state index in [9.17, 15) is 9.59 Å². The standard InChI is InChI=1S/C13H12BrNO2/c1-3-9-4-5-11-10(6-9)12(16)13(17)15(11)7-8(2)14/h4-6H,2-3,7H2,1H3. The number of anilines is 1. The minimum absolute atomic E-state index is 0.322. The number of rotatable bonds is 3. The highest BCUT2D eigenvalue weighted by atomic mass is 79.9. The summed E-state index contributed by atoms with van der Waals surface area (Å²) in [6.07, 6.45) is 0.847. The molecule has 0 saturated carbocycles. The first-order valence-electron chi connectivity index (χ1n) is 5.37. The second-order valence-corrected chi connectivity index (χ2v) is 5.06. The van der Waals surface area contributed by atoms with Crippen molar-refractivity contribution in [3.8, 4) is 0 Å². The molecular formula is C13H12BrNO2. The van der Waals surface area contributed by atoms with Crippen molar-refractivity contribution in [2.45, 2.75) is 13.3 Å². The maximum absolute atomic E-state index is 11.8. The molecule has 88 valence electrons. The zero-order chi connectivity index (χ0) is 12.6. The predicted octanol–water partition coefficient (Wildman–Crippen LogP) is 2.69. The zero-order valence-corrected chi connectivity index (χ0v) is 11.1. The molecule has 0 radical (unpaired) electrons. The average molecular weight is 294 g/mol. The third-order valence-corrected chi connectivity index (χ3v) is 3.02. The van der Waals surface area contributed by atoms with Crippen LogP contribution < -0.4 is 4.90 Å². The van der Waals surface area contributed by atoms with Crippen molar-refractivity contribution < 1.29 is 9.59 Å². The number of carbonyl (C=O) groups is 2. The molecule has 3 nitrogen and oxygen atoms in total. The lowest BCUT2D eigenvalue weighted by atomic mass is 10.1. The minimum Gasteiger partial charge on any atom is -0.300 e. The van der Waals surface area contributed by atoms with E-state index in [0.29, 0.717) is 22.3 Å². The van der Waals surface area contributed by atoms with Crippen molar-refractivity contribution in [1.29, 1.82) is 0 Å². The van der Waals surface area contributed by atoms with Gasteiger partial charge in [-0.25, -0.2) is 0 Å². The molecule has 17 heavy (non-hydrogen) atoms. The Kier molecular flexibility index (Phi) is 3.15. The van der Waals surface area contributed by atoms with Gasteiger partial charge in [-0.05, 0) is 24.1 Å². The number of halogens is 1. The molecule has 1 aliphatic heterocycles. The van der Waals surface area contributed by atoms with E-state index in [0.717, 1.165) is 12.0 Å². The molecule has 4 heteroatoms. The molecule has 0 saturated heterocycles. The highest BCUT2D eigenvalue weighted by Crippen LogP contribution is 2.30. The maximum Gasteiger partial charge on any atom is 0.299 e. The number of amides is 1. The summed E-state index contributed by atoms with van der Waals surface area (Å²) in [6, 6.07) is 5.56. The summed E-state index contributed by atoms with van der Waals surface area (Å²) in [5.74, 6) is -0.905. The molecule has 0 fully saturated rings. The number of carbonyl (C=O) groups excluding carboxylic acids is 2. The van der Waals surface area contributed by atoms with Crippen molar-refractivity contribution in [2.75, 3.05) is 11.4 Å². The van der Waals surface area contributed by atoms with E-state index >= 15 is 0 Å². The van der Waals surface area contributed by atoms with Crippen molar-refractivity contribution >= 4 is 33.3 Å². The Morgan fingerprint density at radius 3 is 2.71 bits per heavy atom. The Balaban J connectivity index is 2.47. The summed E-state index contributed by atoms with van der Waals surface area (Å²) in [6.45, 7) is 6.03. The Morgan fingerprint density at radius 2 is 2.12 bits per heavy atom. The molecular weight excluding hydrogens is 282 g/mol. The first-order valence-corrected chi connectivity index (χ1v) is 6.16. The molecule has 0 N–H and O–H groups in total. The molecule has 1 amide bonds. The molecule has 0 unspecified atom stereocenters. The number of nitrogens with zero attached hydrogens (tertiary/aromatic N) is 1. The Labute approximate surface area is 108 Å². The van der Waals surface area contributed by atoms with E-state index < -0.39 is 11.7 Å². The van der Waals surface area contributed by atoms with Gasteiger partial charge in [-0.15, -0.1) is 0 Å². The van der Waals surface area contributed by atoms with Crippen LogP contribution in [0.4, 0.5) is 5.69 Å². The number of ketones is 1. The first kappa shape index (κ1) is 12.0. The molecule has 1 aromatic rings. The van der Waals surface area contributed by atoms with Crippen LogP contribution in [0.5, 0.6) is 0 Å². The van der Waals surface area contributed by atoms with E-state index in [1.165, 1.54) is 4.90 Å². The normalized spacial score (nSPS) is 14.1. The zero-order valence-electron chi connectivity index (χ0n) is 9.50. The SMILES string of the molecule is C=C(Br)CN1C(=O)C(=O)c2cc(CC)ccc21. The fourth-order valence-corrected chi connectivity index (χ4v) is 2.15. The summed E-state index contributed by atoms with van der Waals surface area (Å²) in [7, 11) is 0. The van der Waals surface area contributed by atoms with Crippen LogP contribution in [0.15, 0.2) is 29.3 Å². The molecule has 0 bridgehead atoms. The van der Waals surface area contributed by atoms with Crippen molar-refractivity contribution in [3.63, 3.8) is 0 Å². The van der Waals surface area contributed by atoms with Gasteiger partial charge in [-0.2, -0.15) is 0 Å². The molecule has 2 rings (SSSR count). The molecule has 0 spiro atoms. The van der Waals surface area contributed by atoms with Crippen molar-refractivity contribution in [2.24, 2.45) is 0 Å². The Bertz CT molecular complexity index is 522.